The van der Waals surface area contributed by atoms with E-state index in [1.807, 2.05) is 30.3 Å². The van der Waals surface area contributed by atoms with Gasteiger partial charge in [0.2, 0.25) is 0 Å². The van der Waals surface area contributed by atoms with Gasteiger partial charge in [0.15, 0.2) is 0 Å². The first-order valence-electron chi connectivity index (χ1n) is 8.82. The first kappa shape index (κ1) is 16.0. The van der Waals surface area contributed by atoms with Gasteiger partial charge in [-0.3, -0.25) is 4.90 Å². The number of hydrogen-bond acceptors (Lipinski definition) is 3. The van der Waals surface area contributed by atoms with E-state index in [0.29, 0.717) is 12.6 Å². The molecular formula is C19H29NO2. The SMILES string of the molecule is C[C@@H]1CCN(C2CCCCC2OCC(O)c2ccccc2)C1. The summed E-state index contributed by atoms with van der Waals surface area (Å²) in [7, 11) is 0. The molecule has 1 aromatic rings. The molecule has 0 radical (unpaired) electrons. The van der Waals surface area contributed by atoms with Gasteiger partial charge in [-0.15, -0.1) is 0 Å². The maximum Gasteiger partial charge on any atom is 0.102 e. The third-order valence-corrected chi connectivity index (χ3v) is 5.24. The van der Waals surface area contributed by atoms with Gasteiger partial charge in [0, 0.05) is 12.6 Å². The van der Waals surface area contributed by atoms with Crippen LogP contribution >= 0.6 is 0 Å². The largest absolute Gasteiger partial charge is 0.386 e. The van der Waals surface area contributed by atoms with E-state index in [4.69, 9.17) is 4.74 Å². The Bertz CT molecular complexity index is 450. The van der Waals surface area contributed by atoms with Crippen LogP contribution in [0.25, 0.3) is 0 Å². The van der Waals surface area contributed by atoms with Crippen molar-refractivity contribution in [2.45, 2.75) is 57.3 Å². The lowest BCUT2D eigenvalue weighted by molar-refractivity contribution is -0.0628. The first-order valence-corrected chi connectivity index (χ1v) is 8.82. The molecule has 4 atom stereocenters. The van der Waals surface area contributed by atoms with Crippen molar-refractivity contribution < 1.29 is 9.84 Å². The summed E-state index contributed by atoms with van der Waals surface area (Å²) in [6.07, 6.45) is 6.05. The van der Waals surface area contributed by atoms with Gasteiger partial charge < -0.3 is 9.84 Å². The Labute approximate surface area is 134 Å². The number of hydrogen-bond donors (Lipinski definition) is 1. The van der Waals surface area contributed by atoms with Crippen molar-refractivity contribution in [2.75, 3.05) is 19.7 Å². The predicted molar refractivity (Wildman–Crippen MR) is 88.8 cm³/mol. The zero-order valence-corrected chi connectivity index (χ0v) is 13.7. The second kappa shape index (κ2) is 7.58. The fraction of sp³-hybridized carbons (Fsp3) is 0.684. The Morgan fingerprint density at radius 2 is 1.95 bits per heavy atom. The number of nitrogens with zero attached hydrogens (tertiary/aromatic N) is 1. The summed E-state index contributed by atoms with van der Waals surface area (Å²) in [6, 6.07) is 10.4. The molecule has 0 spiro atoms. The van der Waals surface area contributed by atoms with Gasteiger partial charge in [0.1, 0.15) is 6.10 Å². The normalized spacial score (nSPS) is 31.3. The summed E-state index contributed by atoms with van der Waals surface area (Å²) in [4.78, 5) is 2.63. The van der Waals surface area contributed by atoms with Crippen molar-refractivity contribution >= 4 is 0 Å². The molecule has 2 aliphatic rings. The van der Waals surface area contributed by atoms with Crippen LogP contribution in [0, 0.1) is 5.92 Å². The first-order chi connectivity index (χ1) is 10.7. The summed E-state index contributed by atoms with van der Waals surface area (Å²) < 4.78 is 6.17. The topological polar surface area (TPSA) is 32.7 Å². The molecule has 3 rings (SSSR count). The monoisotopic (exact) mass is 303 g/mol. The molecule has 0 aromatic heterocycles. The molecule has 22 heavy (non-hydrogen) atoms. The van der Waals surface area contributed by atoms with Gasteiger partial charge in [-0.05, 0) is 37.3 Å². The molecule has 1 N–H and O–H groups in total. The molecule has 1 heterocycles. The minimum atomic E-state index is -0.513. The Morgan fingerprint density at radius 1 is 1.18 bits per heavy atom. The molecule has 1 aromatic carbocycles. The van der Waals surface area contributed by atoms with Crippen molar-refractivity contribution in [3.8, 4) is 0 Å². The zero-order chi connectivity index (χ0) is 15.4. The van der Waals surface area contributed by atoms with Crippen LogP contribution in [-0.2, 0) is 4.74 Å². The molecule has 1 saturated heterocycles. The average molecular weight is 303 g/mol. The van der Waals surface area contributed by atoms with Crippen LogP contribution in [-0.4, -0.2) is 41.8 Å². The second-order valence-electron chi connectivity index (χ2n) is 7.04. The lowest BCUT2D eigenvalue weighted by Gasteiger charge is -2.38. The van der Waals surface area contributed by atoms with E-state index >= 15 is 0 Å². The maximum atomic E-state index is 10.3. The minimum Gasteiger partial charge on any atom is -0.386 e. The summed E-state index contributed by atoms with van der Waals surface area (Å²) in [5.41, 5.74) is 0.949. The number of aliphatic hydroxyl groups excluding tert-OH is 1. The third kappa shape index (κ3) is 3.89. The molecule has 1 aliphatic heterocycles. The van der Waals surface area contributed by atoms with Gasteiger partial charge in [-0.25, -0.2) is 0 Å². The molecule has 3 nitrogen and oxygen atoms in total. The highest BCUT2D eigenvalue weighted by Crippen LogP contribution is 2.30. The fourth-order valence-electron chi connectivity index (χ4n) is 3.95. The molecular weight excluding hydrogens is 274 g/mol. The number of benzene rings is 1. The zero-order valence-electron chi connectivity index (χ0n) is 13.7. The average Bonchev–Trinajstić information content (AvgIpc) is 3.00. The van der Waals surface area contributed by atoms with Crippen molar-refractivity contribution in [2.24, 2.45) is 5.92 Å². The Hall–Kier alpha value is -0.900. The Morgan fingerprint density at radius 3 is 2.68 bits per heavy atom. The smallest absolute Gasteiger partial charge is 0.102 e. The minimum absolute atomic E-state index is 0.289. The van der Waals surface area contributed by atoms with Crippen LogP contribution in [0.3, 0.4) is 0 Å². The molecule has 0 amide bonds. The number of ether oxygens (including phenoxy) is 1. The summed E-state index contributed by atoms with van der Waals surface area (Å²) in [6.45, 7) is 5.19. The number of rotatable bonds is 5. The highest BCUT2D eigenvalue weighted by Gasteiger charge is 2.34. The molecule has 0 bridgehead atoms. The van der Waals surface area contributed by atoms with E-state index in [2.05, 4.69) is 11.8 Å². The number of aliphatic hydroxyl groups is 1. The number of likely N-dealkylation sites (tertiary alicyclic amines) is 1. The van der Waals surface area contributed by atoms with E-state index in [9.17, 15) is 5.11 Å². The Kier molecular flexibility index (Phi) is 5.51. The van der Waals surface area contributed by atoms with Crippen LogP contribution in [0.2, 0.25) is 0 Å². The van der Waals surface area contributed by atoms with Crippen molar-refractivity contribution in [1.29, 1.82) is 0 Å². The van der Waals surface area contributed by atoms with E-state index in [1.54, 1.807) is 0 Å². The van der Waals surface area contributed by atoms with Crippen molar-refractivity contribution in [3.05, 3.63) is 35.9 Å². The molecule has 3 heteroatoms. The molecule has 3 unspecified atom stereocenters. The quantitative estimate of drug-likeness (QED) is 0.905. The van der Waals surface area contributed by atoms with Gasteiger partial charge >= 0.3 is 0 Å². The fourth-order valence-corrected chi connectivity index (χ4v) is 3.95. The molecule has 2 fully saturated rings. The van der Waals surface area contributed by atoms with Gasteiger partial charge in [0.05, 0.1) is 12.7 Å². The third-order valence-electron chi connectivity index (χ3n) is 5.24. The highest BCUT2D eigenvalue weighted by molar-refractivity contribution is 5.17. The van der Waals surface area contributed by atoms with E-state index in [1.165, 1.54) is 38.8 Å². The summed E-state index contributed by atoms with van der Waals surface area (Å²) >= 11 is 0. The van der Waals surface area contributed by atoms with Gasteiger partial charge in [-0.1, -0.05) is 50.1 Å². The van der Waals surface area contributed by atoms with Crippen LogP contribution < -0.4 is 0 Å². The lowest BCUT2D eigenvalue weighted by Crippen LogP contribution is -2.46. The van der Waals surface area contributed by atoms with E-state index in [-0.39, 0.29) is 6.10 Å². The van der Waals surface area contributed by atoms with Crippen LogP contribution in [0.4, 0.5) is 0 Å². The Balaban J connectivity index is 1.55. The van der Waals surface area contributed by atoms with Crippen molar-refractivity contribution in [3.63, 3.8) is 0 Å². The lowest BCUT2D eigenvalue weighted by atomic mass is 9.91. The maximum absolute atomic E-state index is 10.3. The molecule has 1 aliphatic carbocycles. The second-order valence-corrected chi connectivity index (χ2v) is 7.04. The summed E-state index contributed by atoms with van der Waals surface area (Å²) in [5, 5.41) is 10.3. The molecule has 122 valence electrons. The van der Waals surface area contributed by atoms with Crippen LogP contribution in [0.1, 0.15) is 50.7 Å². The predicted octanol–water partition coefficient (Wildman–Crippen LogP) is 3.39. The van der Waals surface area contributed by atoms with Gasteiger partial charge in [0.25, 0.3) is 0 Å². The van der Waals surface area contributed by atoms with Crippen LogP contribution in [0.15, 0.2) is 30.3 Å². The van der Waals surface area contributed by atoms with Gasteiger partial charge in [-0.2, -0.15) is 0 Å². The van der Waals surface area contributed by atoms with Crippen LogP contribution in [0.5, 0.6) is 0 Å². The molecule has 1 saturated carbocycles. The highest BCUT2D eigenvalue weighted by atomic mass is 16.5. The van der Waals surface area contributed by atoms with E-state index < -0.39 is 6.10 Å². The van der Waals surface area contributed by atoms with E-state index in [0.717, 1.165) is 17.9 Å². The summed E-state index contributed by atoms with van der Waals surface area (Å²) in [5.74, 6) is 0.817. The van der Waals surface area contributed by atoms with Crippen molar-refractivity contribution in [1.82, 2.24) is 4.90 Å². The standard InChI is InChI=1S/C19H29NO2/c1-15-11-12-20(13-15)17-9-5-6-10-19(17)22-14-18(21)16-7-3-2-4-8-16/h2-4,7-8,15,17-19,21H,5-6,9-14H2,1H3/t15-,17?,18?,19?/m1/s1.